The number of carbonyl (C=O) groups excluding carboxylic acids is 1. The van der Waals surface area contributed by atoms with Gasteiger partial charge in [-0.2, -0.15) is 4.31 Å². The fourth-order valence-electron chi connectivity index (χ4n) is 3.25. The Hall–Kier alpha value is -1.45. The van der Waals surface area contributed by atoms with Crippen LogP contribution >= 0.6 is 0 Å². The molecule has 1 heterocycles. The number of nitrogens with zero attached hydrogens (tertiary/aromatic N) is 1. The van der Waals surface area contributed by atoms with Crippen LogP contribution in [0.25, 0.3) is 0 Å². The maximum atomic E-state index is 12.6. The predicted molar refractivity (Wildman–Crippen MR) is 109 cm³/mol. The van der Waals surface area contributed by atoms with Gasteiger partial charge in [-0.3, -0.25) is 4.79 Å². The van der Waals surface area contributed by atoms with Gasteiger partial charge in [-0.1, -0.05) is 38.0 Å². The molecule has 1 aromatic carbocycles. The SMILES string of the molecule is CCCCCS(=O)(=O)CC(=O)NCC1CCN(S(=O)(=O)c2ccccc2)CC1. The van der Waals surface area contributed by atoms with Crippen molar-refractivity contribution < 1.29 is 21.6 Å². The quantitative estimate of drug-likeness (QED) is 0.571. The molecule has 1 fully saturated rings. The lowest BCUT2D eigenvalue weighted by Gasteiger charge is -2.31. The van der Waals surface area contributed by atoms with Crippen LogP contribution in [-0.4, -0.2) is 58.2 Å². The highest BCUT2D eigenvalue weighted by Gasteiger charge is 2.29. The lowest BCUT2D eigenvalue weighted by atomic mass is 9.98. The van der Waals surface area contributed by atoms with Crippen molar-refractivity contribution in [2.75, 3.05) is 31.1 Å². The Morgan fingerprint density at radius 2 is 1.71 bits per heavy atom. The Morgan fingerprint density at radius 3 is 2.32 bits per heavy atom. The summed E-state index contributed by atoms with van der Waals surface area (Å²) < 4.78 is 50.5. The van der Waals surface area contributed by atoms with Crippen LogP contribution in [0.5, 0.6) is 0 Å². The molecule has 1 aliphatic rings. The average molecular weight is 431 g/mol. The monoisotopic (exact) mass is 430 g/mol. The molecule has 0 bridgehead atoms. The predicted octanol–water partition coefficient (Wildman–Crippen LogP) is 1.81. The lowest BCUT2D eigenvalue weighted by molar-refractivity contribution is -0.118. The van der Waals surface area contributed by atoms with E-state index in [-0.39, 0.29) is 16.6 Å². The summed E-state index contributed by atoms with van der Waals surface area (Å²) in [4.78, 5) is 12.2. The molecule has 9 heteroatoms. The largest absolute Gasteiger partial charge is 0.355 e. The minimum atomic E-state index is -3.49. The summed E-state index contributed by atoms with van der Waals surface area (Å²) in [6.45, 7) is 3.17. The maximum absolute atomic E-state index is 12.6. The second kappa shape index (κ2) is 10.4. The number of carbonyl (C=O) groups is 1. The molecule has 1 N–H and O–H groups in total. The zero-order valence-electron chi connectivity index (χ0n) is 16.3. The highest BCUT2D eigenvalue weighted by Crippen LogP contribution is 2.23. The van der Waals surface area contributed by atoms with Crippen molar-refractivity contribution in [3.63, 3.8) is 0 Å². The summed E-state index contributed by atoms with van der Waals surface area (Å²) in [5.74, 6) is -0.758. The molecule has 1 amide bonds. The van der Waals surface area contributed by atoms with Crippen molar-refractivity contribution in [2.45, 2.75) is 43.9 Å². The Morgan fingerprint density at radius 1 is 1.07 bits per heavy atom. The van der Waals surface area contributed by atoms with Crippen LogP contribution in [0.2, 0.25) is 0 Å². The van der Waals surface area contributed by atoms with Gasteiger partial charge >= 0.3 is 0 Å². The van der Waals surface area contributed by atoms with E-state index in [0.717, 1.165) is 12.8 Å². The molecule has 1 aliphatic heterocycles. The third-order valence-electron chi connectivity index (χ3n) is 4.95. The van der Waals surface area contributed by atoms with Crippen molar-refractivity contribution in [2.24, 2.45) is 5.92 Å². The molecule has 0 aliphatic carbocycles. The van der Waals surface area contributed by atoms with Crippen LogP contribution in [-0.2, 0) is 24.7 Å². The summed E-state index contributed by atoms with van der Waals surface area (Å²) in [7, 11) is -6.85. The van der Waals surface area contributed by atoms with Crippen LogP contribution in [0.4, 0.5) is 0 Å². The number of amides is 1. The molecule has 158 valence electrons. The van der Waals surface area contributed by atoms with E-state index in [1.807, 2.05) is 6.92 Å². The number of nitrogens with one attached hydrogen (secondary N) is 1. The van der Waals surface area contributed by atoms with E-state index in [9.17, 15) is 21.6 Å². The minimum absolute atomic E-state index is 0.0456. The number of rotatable bonds is 10. The Kier molecular flexibility index (Phi) is 8.45. The lowest BCUT2D eigenvalue weighted by Crippen LogP contribution is -2.42. The second-order valence-corrected chi connectivity index (χ2v) is 11.4. The van der Waals surface area contributed by atoms with Gasteiger partial charge in [0.15, 0.2) is 9.84 Å². The molecule has 0 saturated carbocycles. The van der Waals surface area contributed by atoms with Crippen LogP contribution in [0.1, 0.15) is 39.0 Å². The first-order chi connectivity index (χ1) is 13.2. The third-order valence-corrected chi connectivity index (χ3v) is 8.48. The summed E-state index contributed by atoms with van der Waals surface area (Å²) in [5.41, 5.74) is 0. The van der Waals surface area contributed by atoms with Gasteiger partial charge < -0.3 is 5.32 Å². The van der Waals surface area contributed by atoms with Crippen molar-refractivity contribution >= 4 is 25.8 Å². The molecular formula is C19H30N2O5S2. The fourth-order valence-corrected chi connectivity index (χ4v) is 6.03. The number of sulfone groups is 1. The van der Waals surface area contributed by atoms with E-state index < -0.39 is 31.5 Å². The summed E-state index contributed by atoms with van der Waals surface area (Å²) in [6, 6.07) is 8.35. The van der Waals surface area contributed by atoms with Crippen LogP contribution in [0.3, 0.4) is 0 Å². The Labute approximate surface area is 168 Å². The van der Waals surface area contributed by atoms with Crippen LogP contribution in [0.15, 0.2) is 35.2 Å². The second-order valence-electron chi connectivity index (χ2n) is 7.26. The molecule has 0 radical (unpaired) electrons. The molecule has 7 nitrogen and oxygen atoms in total. The van der Waals surface area contributed by atoms with E-state index >= 15 is 0 Å². The van der Waals surface area contributed by atoms with E-state index in [1.165, 1.54) is 4.31 Å². The summed E-state index contributed by atoms with van der Waals surface area (Å²) in [6.07, 6.45) is 3.62. The Balaban J connectivity index is 1.76. The molecule has 0 unspecified atom stereocenters. The average Bonchev–Trinajstić information content (AvgIpc) is 2.67. The van der Waals surface area contributed by atoms with Crippen molar-refractivity contribution in [3.05, 3.63) is 30.3 Å². The number of piperidine rings is 1. The molecule has 2 rings (SSSR count). The first-order valence-corrected chi connectivity index (χ1v) is 13.0. The summed E-state index contributed by atoms with van der Waals surface area (Å²) in [5, 5.41) is 2.70. The van der Waals surface area contributed by atoms with Crippen LogP contribution < -0.4 is 5.32 Å². The normalized spacial score (nSPS) is 16.8. The zero-order valence-corrected chi connectivity index (χ0v) is 18.0. The first-order valence-electron chi connectivity index (χ1n) is 9.77. The molecular weight excluding hydrogens is 400 g/mol. The minimum Gasteiger partial charge on any atom is -0.355 e. The first kappa shape index (κ1) is 22.8. The smallest absolute Gasteiger partial charge is 0.243 e. The van der Waals surface area contributed by atoms with E-state index in [1.54, 1.807) is 30.3 Å². The van der Waals surface area contributed by atoms with E-state index in [2.05, 4.69) is 5.32 Å². The van der Waals surface area contributed by atoms with Gasteiger partial charge in [0.25, 0.3) is 0 Å². The van der Waals surface area contributed by atoms with Crippen molar-refractivity contribution in [3.8, 4) is 0 Å². The number of sulfonamides is 1. The molecule has 0 aromatic heterocycles. The molecule has 28 heavy (non-hydrogen) atoms. The van der Waals surface area contributed by atoms with E-state index in [4.69, 9.17) is 0 Å². The maximum Gasteiger partial charge on any atom is 0.243 e. The highest BCUT2D eigenvalue weighted by molar-refractivity contribution is 7.92. The van der Waals surface area contributed by atoms with Gasteiger partial charge in [0.1, 0.15) is 5.75 Å². The molecule has 1 aromatic rings. The van der Waals surface area contributed by atoms with Gasteiger partial charge in [-0.05, 0) is 37.3 Å². The van der Waals surface area contributed by atoms with Gasteiger partial charge in [-0.25, -0.2) is 16.8 Å². The standard InChI is InChI=1S/C19H30N2O5S2/c1-2-3-7-14-27(23,24)16-19(22)20-15-17-10-12-21(13-11-17)28(25,26)18-8-5-4-6-9-18/h4-6,8-9,17H,2-3,7,10-16H2,1H3,(H,20,22). The molecule has 0 atom stereocenters. The number of hydrogen-bond acceptors (Lipinski definition) is 5. The highest BCUT2D eigenvalue weighted by atomic mass is 32.2. The topological polar surface area (TPSA) is 101 Å². The molecule has 0 spiro atoms. The van der Waals surface area contributed by atoms with Gasteiger partial charge in [0, 0.05) is 19.6 Å². The number of hydrogen-bond donors (Lipinski definition) is 1. The summed E-state index contributed by atoms with van der Waals surface area (Å²) >= 11 is 0. The van der Waals surface area contributed by atoms with Gasteiger partial charge in [0.05, 0.1) is 10.6 Å². The molecule has 1 saturated heterocycles. The van der Waals surface area contributed by atoms with Crippen molar-refractivity contribution in [1.29, 1.82) is 0 Å². The number of benzene rings is 1. The van der Waals surface area contributed by atoms with Gasteiger partial charge in [-0.15, -0.1) is 0 Å². The van der Waals surface area contributed by atoms with Crippen LogP contribution in [0, 0.1) is 5.92 Å². The zero-order chi connectivity index (χ0) is 20.6. The van der Waals surface area contributed by atoms with E-state index in [0.29, 0.717) is 38.9 Å². The third kappa shape index (κ3) is 6.86. The Bertz CT molecular complexity index is 830. The van der Waals surface area contributed by atoms with Crippen molar-refractivity contribution in [1.82, 2.24) is 9.62 Å². The fraction of sp³-hybridized carbons (Fsp3) is 0.632. The van der Waals surface area contributed by atoms with Gasteiger partial charge in [0.2, 0.25) is 15.9 Å². The number of unbranched alkanes of at least 4 members (excludes halogenated alkanes) is 2.